The fraction of sp³-hybridized carbons (Fsp3) is 0.269. The zero-order chi connectivity index (χ0) is 24.7. The standard InChI is InChI=1S/C26H30N2O5S/c1-18-10-13-22(14-11-18)34(30,31)28-23(16-20-8-6-5-7-9-20)26(29)27-19(2)21-12-15-24(32-3)25(17-21)33-4/h5-15,17,19,23,28H,16H2,1-4H3,(H,27,29)/t19-,23+/m1/s1. The molecule has 34 heavy (non-hydrogen) atoms. The minimum absolute atomic E-state index is 0.108. The van der Waals surface area contributed by atoms with Crippen LogP contribution in [0.1, 0.15) is 29.7 Å². The fourth-order valence-corrected chi connectivity index (χ4v) is 4.73. The van der Waals surface area contributed by atoms with Crippen LogP contribution in [0, 0.1) is 6.92 Å². The van der Waals surface area contributed by atoms with Crippen LogP contribution in [-0.4, -0.2) is 34.6 Å². The molecule has 0 spiro atoms. The number of carbonyl (C=O) groups excluding carboxylic acids is 1. The highest BCUT2D eigenvalue weighted by Crippen LogP contribution is 2.30. The molecule has 0 bridgehead atoms. The number of amides is 1. The van der Waals surface area contributed by atoms with Crippen LogP contribution < -0.4 is 19.5 Å². The molecule has 0 heterocycles. The van der Waals surface area contributed by atoms with E-state index in [1.165, 1.54) is 12.1 Å². The number of rotatable bonds is 10. The van der Waals surface area contributed by atoms with Gasteiger partial charge in [0.25, 0.3) is 0 Å². The maximum Gasteiger partial charge on any atom is 0.241 e. The molecule has 0 aliphatic heterocycles. The minimum atomic E-state index is -3.91. The van der Waals surface area contributed by atoms with Crippen LogP contribution in [0.5, 0.6) is 11.5 Å². The second-order valence-corrected chi connectivity index (χ2v) is 9.74. The van der Waals surface area contributed by atoms with Gasteiger partial charge in [-0.25, -0.2) is 8.42 Å². The van der Waals surface area contributed by atoms with Gasteiger partial charge >= 0.3 is 0 Å². The Morgan fingerprint density at radius 2 is 1.56 bits per heavy atom. The van der Waals surface area contributed by atoms with Crippen molar-refractivity contribution in [2.24, 2.45) is 0 Å². The first kappa shape index (κ1) is 25.3. The van der Waals surface area contributed by atoms with Crippen molar-refractivity contribution in [2.75, 3.05) is 14.2 Å². The molecule has 2 N–H and O–H groups in total. The zero-order valence-electron chi connectivity index (χ0n) is 19.7. The van der Waals surface area contributed by atoms with Gasteiger partial charge in [0.15, 0.2) is 11.5 Å². The fourth-order valence-electron chi connectivity index (χ4n) is 3.53. The van der Waals surface area contributed by atoms with Gasteiger partial charge in [0, 0.05) is 0 Å². The highest BCUT2D eigenvalue weighted by Gasteiger charge is 2.27. The Morgan fingerprint density at radius 3 is 2.18 bits per heavy atom. The summed E-state index contributed by atoms with van der Waals surface area (Å²) in [4.78, 5) is 13.4. The van der Waals surface area contributed by atoms with Crippen LogP contribution in [0.15, 0.2) is 77.7 Å². The Morgan fingerprint density at radius 1 is 0.912 bits per heavy atom. The average molecular weight is 483 g/mol. The van der Waals surface area contributed by atoms with Gasteiger partial charge in [0.1, 0.15) is 6.04 Å². The number of nitrogens with one attached hydrogen (secondary N) is 2. The van der Waals surface area contributed by atoms with Crippen LogP contribution in [0.3, 0.4) is 0 Å². The van der Waals surface area contributed by atoms with E-state index >= 15 is 0 Å². The van der Waals surface area contributed by atoms with E-state index in [9.17, 15) is 13.2 Å². The van der Waals surface area contributed by atoms with Crippen molar-refractivity contribution in [2.45, 2.75) is 37.2 Å². The molecule has 7 nitrogen and oxygen atoms in total. The maximum absolute atomic E-state index is 13.3. The number of ether oxygens (including phenoxy) is 2. The molecule has 0 unspecified atom stereocenters. The third-order valence-electron chi connectivity index (χ3n) is 5.49. The molecule has 3 aromatic rings. The van der Waals surface area contributed by atoms with Crippen LogP contribution in [0.4, 0.5) is 0 Å². The lowest BCUT2D eigenvalue weighted by Gasteiger charge is -2.22. The second kappa shape index (κ2) is 11.2. The number of sulfonamides is 1. The Balaban J connectivity index is 1.83. The lowest BCUT2D eigenvalue weighted by atomic mass is 10.0. The topological polar surface area (TPSA) is 93.7 Å². The first-order valence-corrected chi connectivity index (χ1v) is 12.4. The van der Waals surface area contributed by atoms with E-state index in [-0.39, 0.29) is 11.3 Å². The predicted octanol–water partition coefficient (Wildman–Crippen LogP) is 3.78. The Kier molecular flexibility index (Phi) is 8.31. The number of benzene rings is 3. The van der Waals surface area contributed by atoms with Gasteiger partial charge in [-0.1, -0.05) is 54.1 Å². The van der Waals surface area contributed by atoms with Crippen molar-refractivity contribution in [3.8, 4) is 11.5 Å². The summed E-state index contributed by atoms with van der Waals surface area (Å²) in [5.41, 5.74) is 2.58. The monoisotopic (exact) mass is 482 g/mol. The highest BCUT2D eigenvalue weighted by atomic mass is 32.2. The molecular formula is C26H30N2O5S. The SMILES string of the molecule is COc1ccc([C@@H](C)NC(=O)[C@H](Cc2ccccc2)NS(=O)(=O)c2ccc(C)cc2)cc1OC. The van der Waals surface area contributed by atoms with E-state index in [4.69, 9.17) is 9.47 Å². The highest BCUT2D eigenvalue weighted by molar-refractivity contribution is 7.89. The molecule has 2 atom stereocenters. The van der Waals surface area contributed by atoms with Gasteiger partial charge in [-0.3, -0.25) is 4.79 Å². The Bertz CT molecular complexity index is 1210. The quantitative estimate of drug-likeness (QED) is 0.459. The summed E-state index contributed by atoms with van der Waals surface area (Å²) < 4.78 is 39.3. The van der Waals surface area contributed by atoms with E-state index in [0.717, 1.165) is 16.7 Å². The van der Waals surface area contributed by atoms with E-state index in [0.29, 0.717) is 11.5 Å². The summed E-state index contributed by atoms with van der Waals surface area (Å²) >= 11 is 0. The zero-order valence-corrected chi connectivity index (χ0v) is 20.6. The number of hydrogen-bond acceptors (Lipinski definition) is 5. The molecule has 1 amide bonds. The van der Waals surface area contributed by atoms with Gasteiger partial charge in [-0.15, -0.1) is 0 Å². The largest absolute Gasteiger partial charge is 0.493 e. The molecule has 0 saturated heterocycles. The van der Waals surface area contributed by atoms with E-state index in [1.807, 2.05) is 50.2 Å². The van der Waals surface area contributed by atoms with Crippen molar-refractivity contribution in [1.82, 2.24) is 10.0 Å². The van der Waals surface area contributed by atoms with Crippen LogP contribution in [-0.2, 0) is 21.2 Å². The number of methoxy groups -OCH3 is 2. The molecule has 180 valence electrons. The van der Waals surface area contributed by atoms with Crippen LogP contribution in [0.2, 0.25) is 0 Å². The molecule has 0 aromatic heterocycles. The van der Waals surface area contributed by atoms with Crippen molar-refractivity contribution >= 4 is 15.9 Å². The Hall–Kier alpha value is -3.36. The summed E-state index contributed by atoms with van der Waals surface area (Å²) in [6, 6.07) is 19.8. The molecule has 3 aromatic carbocycles. The van der Waals surface area contributed by atoms with Gasteiger partial charge in [-0.05, 0) is 55.7 Å². The normalized spacial score (nSPS) is 13.1. The Labute approximate surface area is 201 Å². The first-order chi connectivity index (χ1) is 16.2. The minimum Gasteiger partial charge on any atom is -0.493 e. The smallest absolute Gasteiger partial charge is 0.241 e. The van der Waals surface area contributed by atoms with Gasteiger partial charge in [0.05, 0.1) is 25.2 Å². The molecular weight excluding hydrogens is 452 g/mol. The van der Waals surface area contributed by atoms with Crippen LogP contribution in [0.25, 0.3) is 0 Å². The third kappa shape index (κ3) is 6.36. The lowest BCUT2D eigenvalue weighted by molar-refractivity contribution is -0.123. The summed E-state index contributed by atoms with van der Waals surface area (Å²) in [6.07, 6.45) is 0.205. The van der Waals surface area contributed by atoms with Crippen LogP contribution >= 0.6 is 0 Å². The predicted molar refractivity (Wildman–Crippen MR) is 132 cm³/mol. The van der Waals surface area contributed by atoms with Gasteiger partial charge < -0.3 is 14.8 Å². The van der Waals surface area contributed by atoms with E-state index in [2.05, 4.69) is 10.0 Å². The molecule has 0 radical (unpaired) electrons. The van der Waals surface area contributed by atoms with Gasteiger partial charge in [-0.2, -0.15) is 4.72 Å². The third-order valence-corrected chi connectivity index (χ3v) is 6.98. The summed E-state index contributed by atoms with van der Waals surface area (Å²) in [7, 11) is -0.814. The van der Waals surface area contributed by atoms with Crippen molar-refractivity contribution < 1.29 is 22.7 Å². The lowest BCUT2D eigenvalue weighted by Crippen LogP contribution is -2.48. The molecule has 0 fully saturated rings. The molecule has 3 rings (SSSR count). The maximum atomic E-state index is 13.3. The molecule has 0 aliphatic carbocycles. The van der Waals surface area contributed by atoms with Crippen molar-refractivity contribution in [3.05, 3.63) is 89.5 Å². The number of carbonyl (C=O) groups is 1. The van der Waals surface area contributed by atoms with E-state index in [1.54, 1.807) is 38.5 Å². The molecule has 8 heteroatoms. The molecule has 0 saturated carbocycles. The average Bonchev–Trinajstić information content (AvgIpc) is 2.83. The summed E-state index contributed by atoms with van der Waals surface area (Å²) in [5.74, 6) is 0.696. The van der Waals surface area contributed by atoms with Crippen molar-refractivity contribution in [1.29, 1.82) is 0 Å². The van der Waals surface area contributed by atoms with Crippen molar-refractivity contribution in [3.63, 3.8) is 0 Å². The first-order valence-electron chi connectivity index (χ1n) is 10.9. The summed E-state index contributed by atoms with van der Waals surface area (Å²) in [6.45, 7) is 3.71. The number of aryl methyl sites for hydroxylation is 1. The van der Waals surface area contributed by atoms with E-state index < -0.39 is 28.0 Å². The molecule has 0 aliphatic rings. The van der Waals surface area contributed by atoms with Gasteiger partial charge in [0.2, 0.25) is 15.9 Å². The summed E-state index contributed by atoms with van der Waals surface area (Å²) in [5, 5.41) is 2.93. The number of hydrogen-bond donors (Lipinski definition) is 2. The second-order valence-electron chi connectivity index (χ2n) is 8.02.